The monoisotopic (exact) mass is 320 g/mol. The van der Waals surface area contributed by atoms with Crippen molar-refractivity contribution in [3.63, 3.8) is 0 Å². The molecule has 0 aliphatic rings. The second-order valence-electron chi connectivity index (χ2n) is 4.09. The van der Waals surface area contributed by atoms with Gasteiger partial charge in [0, 0.05) is 22.2 Å². The number of pyridine rings is 1. The van der Waals surface area contributed by atoms with Crippen LogP contribution in [0.25, 0.3) is 10.6 Å². The number of esters is 1. The Labute approximate surface area is 129 Å². The summed E-state index contributed by atoms with van der Waals surface area (Å²) in [5.41, 5.74) is 1.68. The highest BCUT2D eigenvalue weighted by Crippen LogP contribution is 2.24. The van der Waals surface area contributed by atoms with Crippen LogP contribution in [0.1, 0.15) is 16.2 Å². The van der Waals surface area contributed by atoms with Gasteiger partial charge in [0.25, 0.3) is 0 Å². The normalized spacial score (nSPS) is 10.5. The first kappa shape index (κ1) is 13.8. The van der Waals surface area contributed by atoms with Gasteiger partial charge in [0.1, 0.15) is 17.9 Å². The summed E-state index contributed by atoms with van der Waals surface area (Å²) in [6.45, 7) is 0.0535. The van der Waals surface area contributed by atoms with E-state index in [-0.39, 0.29) is 12.3 Å². The maximum atomic E-state index is 11.9. The fourth-order valence-electron chi connectivity index (χ4n) is 1.63. The van der Waals surface area contributed by atoms with E-state index >= 15 is 0 Å². The topological polar surface area (TPSA) is 65.2 Å². The van der Waals surface area contributed by atoms with Gasteiger partial charge in [0.05, 0.1) is 12.0 Å². The first-order chi connectivity index (χ1) is 10.2. The molecule has 0 saturated heterocycles. The third kappa shape index (κ3) is 3.29. The van der Waals surface area contributed by atoms with E-state index in [2.05, 4.69) is 9.97 Å². The van der Waals surface area contributed by atoms with Crippen LogP contribution in [0, 0.1) is 0 Å². The Balaban J connectivity index is 1.66. The lowest BCUT2D eigenvalue weighted by Crippen LogP contribution is -2.06. The molecule has 0 radical (unpaired) electrons. The lowest BCUT2D eigenvalue weighted by Gasteiger charge is -2.02. The van der Waals surface area contributed by atoms with E-state index in [0.717, 1.165) is 5.56 Å². The number of halogens is 1. The van der Waals surface area contributed by atoms with Crippen LogP contribution < -0.4 is 0 Å². The third-order valence-corrected chi connectivity index (χ3v) is 3.74. The third-order valence-electron chi connectivity index (χ3n) is 2.61. The number of nitrogens with zero attached hydrogens (tertiary/aromatic N) is 2. The van der Waals surface area contributed by atoms with E-state index in [0.29, 0.717) is 15.7 Å². The highest BCUT2D eigenvalue weighted by molar-refractivity contribution is 7.13. The lowest BCUT2D eigenvalue weighted by atomic mass is 10.3. The molecule has 0 fully saturated rings. The quantitative estimate of drug-likeness (QED) is 0.684. The summed E-state index contributed by atoms with van der Waals surface area (Å²) in [5, 5.41) is 2.90. The molecule has 106 valence electrons. The molecule has 5 nitrogen and oxygen atoms in total. The molecule has 0 atom stereocenters. The van der Waals surface area contributed by atoms with Gasteiger partial charge in [-0.05, 0) is 18.2 Å². The van der Waals surface area contributed by atoms with Gasteiger partial charge in [-0.2, -0.15) is 0 Å². The zero-order valence-electron chi connectivity index (χ0n) is 10.7. The SMILES string of the molecule is O=C(OCc1cc(Cl)ccn1)c1csc(-c2ccoc2)n1. The molecule has 3 rings (SSSR count). The van der Waals surface area contributed by atoms with Crippen LogP contribution in [0.3, 0.4) is 0 Å². The summed E-state index contributed by atoms with van der Waals surface area (Å²) in [4.78, 5) is 20.2. The summed E-state index contributed by atoms with van der Waals surface area (Å²) in [6, 6.07) is 5.08. The summed E-state index contributed by atoms with van der Waals surface area (Å²) < 4.78 is 10.1. The van der Waals surface area contributed by atoms with E-state index in [9.17, 15) is 4.79 Å². The largest absolute Gasteiger partial charge is 0.472 e. The number of aromatic nitrogens is 2. The van der Waals surface area contributed by atoms with Gasteiger partial charge in [-0.1, -0.05) is 11.6 Å². The predicted molar refractivity (Wildman–Crippen MR) is 78.2 cm³/mol. The van der Waals surface area contributed by atoms with Crippen molar-refractivity contribution in [1.82, 2.24) is 9.97 Å². The second kappa shape index (κ2) is 6.07. The summed E-state index contributed by atoms with van der Waals surface area (Å²) in [5.74, 6) is -0.497. The summed E-state index contributed by atoms with van der Waals surface area (Å²) >= 11 is 7.19. The molecule has 0 aliphatic carbocycles. The van der Waals surface area contributed by atoms with Crippen LogP contribution >= 0.6 is 22.9 Å². The van der Waals surface area contributed by atoms with Crippen molar-refractivity contribution in [1.29, 1.82) is 0 Å². The highest BCUT2D eigenvalue weighted by atomic mass is 35.5. The number of thiazole rings is 1. The maximum absolute atomic E-state index is 11.9. The molecule has 0 aromatic carbocycles. The minimum Gasteiger partial charge on any atom is -0.472 e. The fourth-order valence-corrected chi connectivity index (χ4v) is 2.59. The van der Waals surface area contributed by atoms with Crippen molar-refractivity contribution in [2.45, 2.75) is 6.61 Å². The Morgan fingerprint density at radius 1 is 1.43 bits per heavy atom. The average molecular weight is 321 g/mol. The first-order valence-electron chi connectivity index (χ1n) is 5.98. The van der Waals surface area contributed by atoms with Crippen molar-refractivity contribution >= 4 is 28.9 Å². The van der Waals surface area contributed by atoms with Crippen molar-refractivity contribution in [2.75, 3.05) is 0 Å². The Kier molecular flexibility index (Phi) is 3.98. The molecule has 0 aliphatic heterocycles. The highest BCUT2D eigenvalue weighted by Gasteiger charge is 2.14. The number of carbonyl (C=O) groups is 1. The van der Waals surface area contributed by atoms with Gasteiger partial charge < -0.3 is 9.15 Å². The smallest absolute Gasteiger partial charge is 0.358 e. The van der Waals surface area contributed by atoms with Crippen LogP contribution in [0.5, 0.6) is 0 Å². The van der Waals surface area contributed by atoms with Gasteiger partial charge in [-0.25, -0.2) is 9.78 Å². The van der Waals surface area contributed by atoms with Gasteiger partial charge >= 0.3 is 5.97 Å². The van der Waals surface area contributed by atoms with Gasteiger partial charge in [0.15, 0.2) is 5.69 Å². The Morgan fingerprint density at radius 2 is 2.33 bits per heavy atom. The van der Waals surface area contributed by atoms with E-state index < -0.39 is 5.97 Å². The molecule has 0 amide bonds. The van der Waals surface area contributed by atoms with E-state index in [1.54, 1.807) is 42.3 Å². The number of carbonyl (C=O) groups excluding carboxylic acids is 1. The van der Waals surface area contributed by atoms with Crippen LogP contribution in [-0.2, 0) is 11.3 Å². The molecular formula is C14H9ClN2O3S. The zero-order chi connectivity index (χ0) is 14.7. The number of rotatable bonds is 4. The minimum atomic E-state index is -0.497. The molecule has 0 N–H and O–H groups in total. The van der Waals surface area contributed by atoms with E-state index in [1.807, 2.05) is 0 Å². The number of ether oxygens (including phenoxy) is 1. The number of hydrogen-bond donors (Lipinski definition) is 0. The number of hydrogen-bond acceptors (Lipinski definition) is 6. The lowest BCUT2D eigenvalue weighted by molar-refractivity contribution is 0.0462. The summed E-state index contributed by atoms with van der Waals surface area (Å²) in [7, 11) is 0. The first-order valence-corrected chi connectivity index (χ1v) is 7.24. The Bertz CT molecular complexity index is 755. The second-order valence-corrected chi connectivity index (χ2v) is 5.39. The molecule has 0 saturated carbocycles. The summed E-state index contributed by atoms with van der Waals surface area (Å²) in [6.07, 6.45) is 4.69. The molecule has 7 heteroatoms. The van der Waals surface area contributed by atoms with Crippen LogP contribution in [0.4, 0.5) is 0 Å². The van der Waals surface area contributed by atoms with Gasteiger partial charge in [0.2, 0.25) is 0 Å². The Morgan fingerprint density at radius 3 is 3.10 bits per heavy atom. The molecular weight excluding hydrogens is 312 g/mol. The average Bonchev–Trinajstić information content (AvgIpc) is 3.15. The zero-order valence-corrected chi connectivity index (χ0v) is 12.2. The Hall–Kier alpha value is -2.18. The van der Waals surface area contributed by atoms with Crippen molar-refractivity contribution in [2.24, 2.45) is 0 Å². The molecule has 3 aromatic heterocycles. The fraction of sp³-hybridized carbons (Fsp3) is 0.0714. The molecule has 0 bridgehead atoms. The number of furan rings is 1. The van der Waals surface area contributed by atoms with Gasteiger partial charge in [-0.3, -0.25) is 4.98 Å². The maximum Gasteiger partial charge on any atom is 0.358 e. The standard InChI is InChI=1S/C14H9ClN2O3S/c15-10-1-3-16-11(5-10)7-20-14(18)12-8-21-13(17-12)9-2-4-19-6-9/h1-6,8H,7H2. The molecule has 3 aromatic rings. The van der Waals surface area contributed by atoms with Crippen LogP contribution in [-0.4, -0.2) is 15.9 Å². The van der Waals surface area contributed by atoms with Crippen LogP contribution in [0.15, 0.2) is 46.7 Å². The van der Waals surface area contributed by atoms with Crippen LogP contribution in [0.2, 0.25) is 5.02 Å². The van der Waals surface area contributed by atoms with Crippen molar-refractivity contribution in [3.05, 3.63) is 58.7 Å². The predicted octanol–water partition coefficient (Wildman–Crippen LogP) is 3.81. The van der Waals surface area contributed by atoms with E-state index in [4.69, 9.17) is 20.8 Å². The molecule has 21 heavy (non-hydrogen) atoms. The molecule has 0 spiro atoms. The van der Waals surface area contributed by atoms with Crippen molar-refractivity contribution < 1.29 is 13.9 Å². The molecule has 3 heterocycles. The minimum absolute atomic E-state index is 0.0535. The van der Waals surface area contributed by atoms with Crippen molar-refractivity contribution in [3.8, 4) is 10.6 Å². The molecule has 0 unspecified atom stereocenters. The van der Waals surface area contributed by atoms with E-state index in [1.165, 1.54) is 11.3 Å². The van der Waals surface area contributed by atoms with Gasteiger partial charge in [-0.15, -0.1) is 11.3 Å².